The van der Waals surface area contributed by atoms with E-state index in [1.54, 1.807) is 24.3 Å². The van der Waals surface area contributed by atoms with E-state index in [-0.39, 0.29) is 5.24 Å². The van der Waals surface area contributed by atoms with E-state index in [1.807, 2.05) is 12.3 Å². The molecule has 2 amide bonds. The molecule has 0 bridgehead atoms. The number of ether oxygens (including phenoxy) is 1. The van der Waals surface area contributed by atoms with E-state index in [1.165, 1.54) is 5.56 Å². The van der Waals surface area contributed by atoms with Crippen molar-refractivity contribution in [1.82, 2.24) is 10.3 Å². The van der Waals surface area contributed by atoms with Gasteiger partial charge >= 0.3 is 0 Å². The third kappa shape index (κ3) is 4.65. The largest absolute Gasteiger partial charge is 0.492 e. The van der Waals surface area contributed by atoms with Crippen LogP contribution in [0.2, 0.25) is 5.02 Å². The molecule has 1 aromatic heterocycles. The Hall–Kier alpha value is -2.31. The van der Waals surface area contributed by atoms with Gasteiger partial charge in [-0.2, -0.15) is 0 Å². The molecule has 1 aliphatic heterocycles. The third-order valence-electron chi connectivity index (χ3n) is 3.81. The Balaban J connectivity index is 1.60. The number of carbonyl (C=O) groups excluding carboxylic acids is 2. The van der Waals surface area contributed by atoms with Crippen molar-refractivity contribution in [2.75, 3.05) is 6.61 Å². The zero-order valence-corrected chi connectivity index (χ0v) is 15.7. The van der Waals surface area contributed by atoms with Crippen LogP contribution in [0, 0.1) is 0 Å². The standard InChI is InChI=1S/C19H17ClN2O3S/c1-2-12-3-5-14(21-11-12)7-8-25-16-6-4-13(9-15(16)20)10-17-18(23)22-19(24)26-17/h3-6,9-11H,2,7-8H2,1H3,(H,22,23,24)/b17-10-. The fraction of sp³-hybridized carbons (Fsp3) is 0.211. The second-order valence-electron chi connectivity index (χ2n) is 5.65. The molecule has 134 valence electrons. The highest BCUT2D eigenvalue weighted by molar-refractivity contribution is 8.18. The first kappa shape index (κ1) is 18.5. The highest BCUT2D eigenvalue weighted by Gasteiger charge is 2.24. The molecule has 1 aliphatic rings. The molecule has 0 aliphatic carbocycles. The summed E-state index contributed by atoms with van der Waals surface area (Å²) >= 11 is 7.13. The summed E-state index contributed by atoms with van der Waals surface area (Å²) in [5.74, 6) is 0.177. The normalized spacial score (nSPS) is 15.4. The average molecular weight is 389 g/mol. The van der Waals surface area contributed by atoms with E-state index in [0.717, 1.165) is 29.4 Å². The Bertz CT molecular complexity index is 866. The van der Waals surface area contributed by atoms with E-state index in [2.05, 4.69) is 23.3 Å². The van der Waals surface area contributed by atoms with Crippen LogP contribution in [0.1, 0.15) is 23.7 Å². The Morgan fingerprint density at radius 3 is 2.73 bits per heavy atom. The summed E-state index contributed by atoms with van der Waals surface area (Å²) in [5, 5.41) is 2.30. The van der Waals surface area contributed by atoms with Gasteiger partial charge in [0.1, 0.15) is 5.75 Å². The number of rotatable bonds is 6. The molecule has 1 N–H and O–H groups in total. The van der Waals surface area contributed by atoms with Crippen LogP contribution >= 0.6 is 23.4 Å². The van der Waals surface area contributed by atoms with Crippen LogP contribution in [0.25, 0.3) is 6.08 Å². The molecule has 0 spiro atoms. The maximum absolute atomic E-state index is 11.6. The van der Waals surface area contributed by atoms with Crippen LogP contribution in [-0.4, -0.2) is 22.7 Å². The molecule has 1 fully saturated rings. The summed E-state index contributed by atoms with van der Waals surface area (Å²) in [6.45, 7) is 2.56. The van der Waals surface area contributed by atoms with Gasteiger partial charge in [0.05, 0.1) is 16.5 Å². The first-order chi connectivity index (χ1) is 12.5. The van der Waals surface area contributed by atoms with Gasteiger partial charge in [0, 0.05) is 18.3 Å². The van der Waals surface area contributed by atoms with E-state index in [9.17, 15) is 9.59 Å². The lowest BCUT2D eigenvalue weighted by atomic mass is 10.2. The van der Waals surface area contributed by atoms with Crippen molar-refractivity contribution in [2.45, 2.75) is 19.8 Å². The van der Waals surface area contributed by atoms with Crippen LogP contribution in [-0.2, 0) is 17.6 Å². The molecule has 0 unspecified atom stereocenters. The number of nitrogens with one attached hydrogen (secondary N) is 1. The zero-order chi connectivity index (χ0) is 18.5. The molecule has 0 radical (unpaired) electrons. The number of halogens is 1. The second-order valence-corrected chi connectivity index (χ2v) is 7.07. The van der Waals surface area contributed by atoms with Crippen LogP contribution in [0.15, 0.2) is 41.4 Å². The minimum Gasteiger partial charge on any atom is -0.492 e. The van der Waals surface area contributed by atoms with Crippen LogP contribution < -0.4 is 10.1 Å². The fourth-order valence-corrected chi connectivity index (χ4v) is 3.30. The smallest absolute Gasteiger partial charge is 0.290 e. The SMILES string of the molecule is CCc1ccc(CCOc2ccc(/C=C3\SC(=O)NC3=O)cc2Cl)nc1. The molecule has 1 aromatic carbocycles. The number of thioether (sulfide) groups is 1. The number of imide groups is 1. The number of carbonyl (C=O) groups is 2. The van der Waals surface area contributed by atoms with Crippen molar-refractivity contribution >= 4 is 40.6 Å². The van der Waals surface area contributed by atoms with Gasteiger partial charge in [0.25, 0.3) is 11.1 Å². The molecule has 0 atom stereocenters. The van der Waals surface area contributed by atoms with E-state index in [4.69, 9.17) is 16.3 Å². The van der Waals surface area contributed by atoms with Crippen molar-refractivity contribution in [3.8, 4) is 5.75 Å². The van der Waals surface area contributed by atoms with E-state index in [0.29, 0.717) is 28.7 Å². The minimum absolute atomic E-state index is 0.348. The minimum atomic E-state index is -0.391. The lowest BCUT2D eigenvalue weighted by molar-refractivity contribution is -0.115. The summed E-state index contributed by atoms with van der Waals surface area (Å²) in [5.41, 5.74) is 2.90. The molecular weight excluding hydrogens is 372 g/mol. The van der Waals surface area contributed by atoms with Crippen LogP contribution in [0.4, 0.5) is 4.79 Å². The summed E-state index contributed by atoms with van der Waals surface area (Å²) in [7, 11) is 0. The Morgan fingerprint density at radius 2 is 2.12 bits per heavy atom. The van der Waals surface area contributed by atoms with E-state index >= 15 is 0 Å². The molecule has 1 saturated heterocycles. The summed E-state index contributed by atoms with van der Waals surface area (Å²) in [6, 6.07) is 9.32. The molecular formula is C19H17ClN2O3S. The van der Waals surface area contributed by atoms with Gasteiger partial charge in [-0.15, -0.1) is 0 Å². The third-order valence-corrected chi connectivity index (χ3v) is 4.91. The lowest BCUT2D eigenvalue weighted by Gasteiger charge is -2.09. The molecule has 0 saturated carbocycles. The number of aromatic nitrogens is 1. The predicted molar refractivity (Wildman–Crippen MR) is 103 cm³/mol. The fourth-order valence-electron chi connectivity index (χ4n) is 2.37. The summed E-state index contributed by atoms with van der Waals surface area (Å²) in [6.07, 6.45) is 5.16. The van der Waals surface area contributed by atoms with Gasteiger partial charge in [0.2, 0.25) is 0 Å². The summed E-state index contributed by atoms with van der Waals surface area (Å²) < 4.78 is 5.73. The number of nitrogens with zero attached hydrogens (tertiary/aromatic N) is 1. The van der Waals surface area contributed by atoms with Crippen molar-refractivity contribution < 1.29 is 14.3 Å². The van der Waals surface area contributed by atoms with Crippen molar-refractivity contribution in [3.05, 3.63) is 63.3 Å². The number of benzene rings is 1. The molecule has 26 heavy (non-hydrogen) atoms. The molecule has 2 aromatic rings. The number of hydrogen-bond acceptors (Lipinski definition) is 5. The quantitative estimate of drug-likeness (QED) is 0.749. The maximum atomic E-state index is 11.6. The monoisotopic (exact) mass is 388 g/mol. The van der Waals surface area contributed by atoms with Crippen LogP contribution in [0.5, 0.6) is 5.75 Å². The van der Waals surface area contributed by atoms with Gasteiger partial charge in [-0.05, 0) is 53.6 Å². The van der Waals surface area contributed by atoms with Gasteiger partial charge in [-0.1, -0.05) is 30.7 Å². The van der Waals surface area contributed by atoms with Gasteiger partial charge in [0.15, 0.2) is 0 Å². The number of pyridine rings is 1. The Labute approximate surface area is 160 Å². The predicted octanol–water partition coefficient (Wildman–Crippen LogP) is 4.24. The molecule has 7 heteroatoms. The summed E-state index contributed by atoms with van der Waals surface area (Å²) in [4.78, 5) is 27.5. The van der Waals surface area contributed by atoms with Crippen molar-refractivity contribution in [1.29, 1.82) is 0 Å². The highest BCUT2D eigenvalue weighted by atomic mass is 35.5. The lowest BCUT2D eigenvalue weighted by Crippen LogP contribution is -2.17. The average Bonchev–Trinajstić information content (AvgIpc) is 2.94. The van der Waals surface area contributed by atoms with Gasteiger partial charge in [-0.25, -0.2) is 0 Å². The van der Waals surface area contributed by atoms with Gasteiger partial charge in [-0.3, -0.25) is 19.9 Å². The molecule has 3 rings (SSSR count). The highest BCUT2D eigenvalue weighted by Crippen LogP contribution is 2.29. The number of amides is 2. The van der Waals surface area contributed by atoms with Crippen molar-refractivity contribution in [3.63, 3.8) is 0 Å². The first-order valence-electron chi connectivity index (χ1n) is 8.16. The molecule has 2 heterocycles. The zero-order valence-electron chi connectivity index (χ0n) is 14.1. The maximum Gasteiger partial charge on any atom is 0.290 e. The number of aryl methyl sites for hydroxylation is 1. The van der Waals surface area contributed by atoms with Crippen molar-refractivity contribution in [2.24, 2.45) is 0 Å². The molecule has 5 nitrogen and oxygen atoms in total. The van der Waals surface area contributed by atoms with Crippen LogP contribution in [0.3, 0.4) is 0 Å². The number of hydrogen-bond donors (Lipinski definition) is 1. The Kier molecular flexibility index (Phi) is 5.96. The second kappa shape index (κ2) is 8.38. The topological polar surface area (TPSA) is 68.3 Å². The first-order valence-corrected chi connectivity index (χ1v) is 9.35. The Morgan fingerprint density at radius 1 is 1.27 bits per heavy atom. The van der Waals surface area contributed by atoms with E-state index < -0.39 is 5.91 Å². The van der Waals surface area contributed by atoms with Gasteiger partial charge < -0.3 is 4.74 Å².